The molecule has 1 amide bonds. The van der Waals surface area contributed by atoms with E-state index in [-0.39, 0.29) is 42.6 Å². The molecule has 134 valence electrons. The van der Waals surface area contributed by atoms with Gasteiger partial charge in [0.1, 0.15) is 0 Å². The Labute approximate surface area is 153 Å². The Hall–Kier alpha value is -1.44. The number of rotatable bonds is 3. The van der Waals surface area contributed by atoms with Gasteiger partial charge in [-0.25, -0.2) is 9.50 Å². The van der Waals surface area contributed by atoms with E-state index < -0.39 is 0 Å². The van der Waals surface area contributed by atoms with Crippen LogP contribution in [0.15, 0.2) is 6.07 Å². The van der Waals surface area contributed by atoms with Crippen LogP contribution in [-0.2, 0) is 0 Å². The van der Waals surface area contributed by atoms with Crippen molar-refractivity contribution in [3.63, 3.8) is 0 Å². The summed E-state index contributed by atoms with van der Waals surface area (Å²) in [5.41, 5.74) is 7.58. The highest BCUT2D eigenvalue weighted by atomic mass is 35.5. The first kappa shape index (κ1) is 20.6. The predicted molar refractivity (Wildman–Crippen MR) is 97.0 cm³/mol. The summed E-state index contributed by atoms with van der Waals surface area (Å²) in [7, 11) is 0. The van der Waals surface area contributed by atoms with Crippen LogP contribution in [0, 0.1) is 19.8 Å². The summed E-state index contributed by atoms with van der Waals surface area (Å²) in [5, 5.41) is 7.32. The van der Waals surface area contributed by atoms with Gasteiger partial charge in [0.2, 0.25) is 5.82 Å². The molecule has 1 saturated carbocycles. The maximum absolute atomic E-state index is 12.4. The maximum Gasteiger partial charge on any atom is 0.291 e. The summed E-state index contributed by atoms with van der Waals surface area (Å²) >= 11 is 0. The van der Waals surface area contributed by atoms with Gasteiger partial charge in [-0.3, -0.25) is 4.79 Å². The molecular weight excluding hydrogens is 351 g/mol. The zero-order valence-electron chi connectivity index (χ0n) is 13.9. The number of amides is 1. The number of hydrogen-bond donors (Lipinski definition) is 2. The molecule has 0 saturated heterocycles. The van der Waals surface area contributed by atoms with Crippen molar-refractivity contribution >= 4 is 36.5 Å². The summed E-state index contributed by atoms with van der Waals surface area (Å²) in [6, 6.07) is 2.03. The summed E-state index contributed by atoms with van der Waals surface area (Å²) in [6.07, 6.45) is 4.35. The van der Waals surface area contributed by atoms with Gasteiger partial charge in [-0.15, -0.1) is 29.9 Å². The molecule has 0 radical (unpaired) electrons. The van der Waals surface area contributed by atoms with Gasteiger partial charge in [-0.05, 0) is 45.2 Å². The molecule has 1 fully saturated rings. The summed E-state index contributed by atoms with van der Waals surface area (Å²) in [4.78, 5) is 21.0. The average molecular weight is 375 g/mol. The van der Waals surface area contributed by atoms with E-state index in [0.717, 1.165) is 30.7 Å². The molecule has 1 aliphatic carbocycles. The molecule has 2 aromatic rings. The number of nitrogens with one attached hydrogen (secondary N) is 1. The number of aryl methyl sites for hydroxylation is 2. The molecule has 0 aliphatic heterocycles. The number of nitrogens with zero attached hydrogens (tertiary/aromatic N) is 4. The fourth-order valence-electron chi connectivity index (χ4n) is 3.18. The smallest absolute Gasteiger partial charge is 0.291 e. The highest BCUT2D eigenvalue weighted by Crippen LogP contribution is 2.23. The normalized spacial score (nSPS) is 20.1. The maximum atomic E-state index is 12.4. The molecule has 0 spiro atoms. The van der Waals surface area contributed by atoms with Gasteiger partial charge < -0.3 is 11.1 Å². The third-order valence-corrected chi connectivity index (χ3v) is 4.35. The molecule has 2 atom stereocenters. The van der Waals surface area contributed by atoms with Crippen LogP contribution in [0.2, 0.25) is 0 Å². The molecule has 0 aromatic carbocycles. The Balaban J connectivity index is 0.00000144. The van der Waals surface area contributed by atoms with Crippen molar-refractivity contribution in [2.45, 2.75) is 45.6 Å². The number of carbonyl (C=O) groups excluding carboxylic acids is 1. The number of halogens is 2. The monoisotopic (exact) mass is 374 g/mol. The molecule has 1 aliphatic rings. The molecule has 2 aromatic heterocycles. The zero-order chi connectivity index (χ0) is 15.7. The Kier molecular flexibility index (Phi) is 7.38. The van der Waals surface area contributed by atoms with Crippen molar-refractivity contribution in [2.24, 2.45) is 11.7 Å². The lowest BCUT2D eigenvalue weighted by Crippen LogP contribution is -2.45. The van der Waals surface area contributed by atoms with Crippen molar-refractivity contribution < 1.29 is 4.79 Å². The van der Waals surface area contributed by atoms with Crippen molar-refractivity contribution in [1.82, 2.24) is 24.9 Å². The Bertz CT molecular complexity index is 705. The van der Waals surface area contributed by atoms with Crippen molar-refractivity contribution in [1.29, 1.82) is 0 Å². The van der Waals surface area contributed by atoms with Crippen molar-refractivity contribution in [3.8, 4) is 0 Å². The van der Waals surface area contributed by atoms with E-state index in [1.807, 2.05) is 19.9 Å². The Morgan fingerprint density at radius 3 is 2.71 bits per heavy atom. The van der Waals surface area contributed by atoms with Gasteiger partial charge in [-0.1, -0.05) is 12.8 Å². The van der Waals surface area contributed by atoms with Crippen LogP contribution in [0.5, 0.6) is 0 Å². The van der Waals surface area contributed by atoms with E-state index in [0.29, 0.717) is 18.2 Å². The molecule has 9 heteroatoms. The molecular formula is C15H24Cl2N6O. The van der Waals surface area contributed by atoms with Gasteiger partial charge in [-0.2, -0.15) is 4.98 Å². The predicted octanol–water partition coefficient (Wildman–Crippen LogP) is 1.83. The standard InChI is InChI=1S/C15H22N6O.2ClH/c1-9-7-10(2)21-15(17-9)19-13(20-21)14(22)18-12-6-4-3-5-11(12)8-16;;/h7,11-12H,3-6,8,16H2,1-2H3,(H,18,22);2*1H. The first-order valence-electron chi connectivity index (χ1n) is 7.80. The second-order valence-corrected chi connectivity index (χ2v) is 6.05. The quantitative estimate of drug-likeness (QED) is 0.853. The van der Waals surface area contributed by atoms with Gasteiger partial charge in [0, 0.05) is 17.4 Å². The minimum absolute atomic E-state index is 0. The third kappa shape index (κ3) is 4.15. The minimum atomic E-state index is -0.243. The topological polar surface area (TPSA) is 98.2 Å². The van der Waals surface area contributed by atoms with Gasteiger partial charge >= 0.3 is 0 Å². The van der Waals surface area contributed by atoms with Crippen LogP contribution in [0.1, 0.15) is 47.7 Å². The number of nitrogens with two attached hydrogens (primary N) is 1. The second kappa shape index (κ2) is 8.60. The number of hydrogen-bond acceptors (Lipinski definition) is 5. The number of fused-ring (bicyclic) bond motifs is 1. The first-order chi connectivity index (χ1) is 10.6. The molecule has 7 nitrogen and oxygen atoms in total. The van der Waals surface area contributed by atoms with E-state index in [1.165, 1.54) is 6.42 Å². The minimum Gasteiger partial charge on any atom is -0.346 e. The molecule has 3 rings (SSSR count). The van der Waals surface area contributed by atoms with E-state index >= 15 is 0 Å². The third-order valence-electron chi connectivity index (χ3n) is 4.35. The van der Waals surface area contributed by atoms with Crippen LogP contribution in [0.4, 0.5) is 0 Å². The largest absolute Gasteiger partial charge is 0.346 e. The van der Waals surface area contributed by atoms with Gasteiger partial charge in [0.25, 0.3) is 11.7 Å². The molecule has 2 unspecified atom stereocenters. The Morgan fingerprint density at radius 2 is 2.00 bits per heavy atom. The fraction of sp³-hybridized carbons (Fsp3) is 0.600. The van der Waals surface area contributed by atoms with E-state index in [1.54, 1.807) is 4.52 Å². The zero-order valence-corrected chi connectivity index (χ0v) is 15.5. The lowest BCUT2D eigenvalue weighted by molar-refractivity contribution is 0.0897. The molecule has 3 N–H and O–H groups in total. The average Bonchev–Trinajstić information content (AvgIpc) is 2.92. The summed E-state index contributed by atoms with van der Waals surface area (Å²) in [6.45, 7) is 4.42. The highest BCUT2D eigenvalue weighted by molar-refractivity contribution is 5.91. The number of aromatic nitrogens is 4. The molecule has 2 heterocycles. The molecule has 24 heavy (non-hydrogen) atoms. The van der Waals surface area contributed by atoms with E-state index in [9.17, 15) is 4.79 Å². The van der Waals surface area contributed by atoms with Crippen molar-refractivity contribution in [2.75, 3.05) is 6.54 Å². The lowest BCUT2D eigenvalue weighted by atomic mass is 9.84. The van der Waals surface area contributed by atoms with E-state index in [2.05, 4.69) is 20.4 Å². The summed E-state index contributed by atoms with van der Waals surface area (Å²) < 4.78 is 1.60. The fourth-order valence-corrected chi connectivity index (χ4v) is 3.18. The van der Waals surface area contributed by atoms with Gasteiger partial charge in [0.05, 0.1) is 0 Å². The highest BCUT2D eigenvalue weighted by Gasteiger charge is 2.27. The van der Waals surface area contributed by atoms with Crippen LogP contribution >= 0.6 is 24.8 Å². The van der Waals surface area contributed by atoms with Crippen LogP contribution < -0.4 is 11.1 Å². The Morgan fingerprint density at radius 1 is 1.29 bits per heavy atom. The number of carbonyl (C=O) groups is 1. The van der Waals surface area contributed by atoms with Crippen molar-refractivity contribution in [3.05, 3.63) is 23.3 Å². The second-order valence-electron chi connectivity index (χ2n) is 6.05. The SMILES string of the molecule is Cc1cc(C)n2nc(C(=O)NC3CCCCC3CN)nc2n1.Cl.Cl. The molecule has 0 bridgehead atoms. The lowest BCUT2D eigenvalue weighted by Gasteiger charge is -2.30. The van der Waals surface area contributed by atoms with Crippen LogP contribution in [-0.4, -0.2) is 38.1 Å². The van der Waals surface area contributed by atoms with Crippen LogP contribution in [0.25, 0.3) is 5.78 Å². The van der Waals surface area contributed by atoms with Gasteiger partial charge in [0.15, 0.2) is 0 Å². The first-order valence-corrected chi connectivity index (χ1v) is 7.80. The van der Waals surface area contributed by atoms with E-state index in [4.69, 9.17) is 5.73 Å². The summed E-state index contributed by atoms with van der Waals surface area (Å²) in [5.74, 6) is 0.731. The van der Waals surface area contributed by atoms with Crippen LogP contribution in [0.3, 0.4) is 0 Å².